The maximum Gasteiger partial charge on any atom is 0.407 e. The van der Waals surface area contributed by atoms with E-state index in [1.807, 2.05) is 38.7 Å². The van der Waals surface area contributed by atoms with Crippen LogP contribution in [-0.2, 0) is 9.53 Å². The highest BCUT2D eigenvalue weighted by Crippen LogP contribution is 2.19. The first-order valence-corrected chi connectivity index (χ1v) is 10.4. The third-order valence-corrected chi connectivity index (χ3v) is 4.57. The van der Waals surface area contributed by atoms with Gasteiger partial charge in [-0.25, -0.2) is 14.8 Å². The lowest BCUT2D eigenvalue weighted by molar-refractivity contribution is -0.131. The molecule has 1 aromatic rings. The van der Waals surface area contributed by atoms with Crippen molar-refractivity contribution in [3.05, 3.63) is 17.6 Å². The highest BCUT2D eigenvalue weighted by atomic mass is 16.6. The number of nitrogens with one attached hydrogen (secondary N) is 1. The molecule has 1 aliphatic rings. The number of carbonyl (C=O) groups excluding carboxylic acids is 2. The van der Waals surface area contributed by atoms with Crippen molar-refractivity contribution in [2.24, 2.45) is 0 Å². The first-order valence-electron chi connectivity index (χ1n) is 10.4. The molecule has 0 bridgehead atoms. The van der Waals surface area contributed by atoms with Gasteiger partial charge in [0, 0.05) is 56.8 Å². The second-order valence-corrected chi connectivity index (χ2v) is 8.78. The second kappa shape index (κ2) is 9.89. The number of rotatable bonds is 6. The number of carbonyl (C=O) groups is 2. The Morgan fingerprint density at radius 3 is 2.41 bits per heavy atom. The summed E-state index contributed by atoms with van der Waals surface area (Å²) in [6, 6.07) is 2.01. The van der Waals surface area contributed by atoms with Crippen LogP contribution < -0.4 is 10.2 Å². The number of anilines is 1. The molecule has 0 aliphatic carbocycles. The van der Waals surface area contributed by atoms with Crippen LogP contribution in [0.2, 0.25) is 0 Å². The molecule has 1 saturated heterocycles. The molecule has 162 valence electrons. The highest BCUT2D eigenvalue weighted by molar-refractivity contribution is 5.76. The minimum absolute atomic E-state index is 0.123. The van der Waals surface area contributed by atoms with E-state index in [4.69, 9.17) is 4.74 Å². The summed E-state index contributed by atoms with van der Waals surface area (Å²) < 4.78 is 5.19. The predicted octanol–water partition coefficient (Wildman–Crippen LogP) is 2.86. The molecule has 0 spiro atoms. The quantitative estimate of drug-likeness (QED) is 0.732. The SMILES string of the molecule is Cc1cc(N2CCN(C(=O)CCCNC(=O)OC(C)(C)C)CC2)nc(C(C)C)n1. The number of ether oxygens (including phenoxy) is 1. The monoisotopic (exact) mass is 405 g/mol. The van der Waals surface area contributed by atoms with Gasteiger partial charge in [-0.3, -0.25) is 4.79 Å². The Hall–Kier alpha value is -2.38. The summed E-state index contributed by atoms with van der Waals surface area (Å²) in [5, 5.41) is 2.69. The standard InChI is InChI=1S/C21H35N5O3/c1-15(2)19-23-16(3)14-17(24-19)25-10-12-26(13-11-25)18(27)8-7-9-22-20(28)29-21(4,5)6/h14-15H,7-13H2,1-6H3,(H,22,28). The van der Waals surface area contributed by atoms with Crippen molar-refractivity contribution in [2.45, 2.75) is 65.9 Å². The van der Waals surface area contributed by atoms with Crippen LogP contribution in [0.4, 0.5) is 10.6 Å². The Morgan fingerprint density at radius 2 is 1.83 bits per heavy atom. The number of nitrogens with zero attached hydrogens (tertiary/aromatic N) is 4. The van der Waals surface area contributed by atoms with Gasteiger partial charge in [0.25, 0.3) is 0 Å². The molecule has 1 aliphatic heterocycles. The summed E-state index contributed by atoms with van der Waals surface area (Å²) in [5.41, 5.74) is 0.451. The van der Waals surface area contributed by atoms with Gasteiger partial charge in [0.2, 0.25) is 5.91 Å². The number of aromatic nitrogens is 2. The number of piperazine rings is 1. The minimum Gasteiger partial charge on any atom is -0.444 e. The molecule has 1 fully saturated rings. The Labute approximate surface area is 174 Å². The number of alkyl carbamates (subject to hydrolysis) is 1. The second-order valence-electron chi connectivity index (χ2n) is 8.78. The molecule has 0 unspecified atom stereocenters. The summed E-state index contributed by atoms with van der Waals surface area (Å²) in [6.45, 7) is 14.9. The number of hydrogen-bond donors (Lipinski definition) is 1. The average molecular weight is 406 g/mol. The van der Waals surface area contributed by atoms with Crippen LogP contribution in [0, 0.1) is 6.92 Å². The maximum atomic E-state index is 12.5. The van der Waals surface area contributed by atoms with E-state index in [9.17, 15) is 9.59 Å². The summed E-state index contributed by atoms with van der Waals surface area (Å²) in [6.07, 6.45) is 0.570. The van der Waals surface area contributed by atoms with Crippen molar-refractivity contribution in [1.82, 2.24) is 20.2 Å². The van der Waals surface area contributed by atoms with Crippen molar-refractivity contribution < 1.29 is 14.3 Å². The van der Waals surface area contributed by atoms with Crippen LogP contribution in [0.3, 0.4) is 0 Å². The van der Waals surface area contributed by atoms with Gasteiger partial charge in [-0.15, -0.1) is 0 Å². The number of amides is 2. The van der Waals surface area contributed by atoms with E-state index in [-0.39, 0.29) is 11.8 Å². The topological polar surface area (TPSA) is 87.7 Å². The van der Waals surface area contributed by atoms with Crippen LogP contribution in [-0.4, -0.2) is 65.2 Å². The first-order chi connectivity index (χ1) is 13.5. The van der Waals surface area contributed by atoms with E-state index < -0.39 is 11.7 Å². The zero-order chi connectivity index (χ0) is 21.6. The van der Waals surface area contributed by atoms with Crippen LogP contribution >= 0.6 is 0 Å². The minimum atomic E-state index is -0.516. The van der Waals surface area contributed by atoms with Crippen molar-refractivity contribution >= 4 is 17.8 Å². The Morgan fingerprint density at radius 1 is 1.17 bits per heavy atom. The Balaban J connectivity index is 1.75. The van der Waals surface area contributed by atoms with Gasteiger partial charge in [-0.05, 0) is 34.1 Å². The van der Waals surface area contributed by atoms with Gasteiger partial charge in [0.05, 0.1) is 0 Å². The molecule has 8 nitrogen and oxygen atoms in total. The molecule has 8 heteroatoms. The fourth-order valence-corrected chi connectivity index (χ4v) is 3.08. The molecule has 0 aromatic carbocycles. The molecule has 2 amide bonds. The third-order valence-electron chi connectivity index (χ3n) is 4.57. The fourth-order valence-electron chi connectivity index (χ4n) is 3.08. The van der Waals surface area contributed by atoms with E-state index in [1.54, 1.807) is 0 Å². The third kappa shape index (κ3) is 7.51. The summed E-state index contributed by atoms with van der Waals surface area (Å²) in [5.74, 6) is 2.20. The molecule has 0 saturated carbocycles. The lowest BCUT2D eigenvalue weighted by Crippen LogP contribution is -2.49. The molecule has 1 aromatic heterocycles. The van der Waals surface area contributed by atoms with Gasteiger partial charge in [-0.1, -0.05) is 13.8 Å². The van der Waals surface area contributed by atoms with Crippen LogP contribution in [0.5, 0.6) is 0 Å². The van der Waals surface area contributed by atoms with Crippen LogP contribution in [0.25, 0.3) is 0 Å². The van der Waals surface area contributed by atoms with Gasteiger partial charge >= 0.3 is 6.09 Å². The summed E-state index contributed by atoms with van der Waals surface area (Å²) >= 11 is 0. The lowest BCUT2D eigenvalue weighted by atomic mass is 10.2. The molecule has 0 atom stereocenters. The van der Waals surface area contributed by atoms with E-state index in [1.165, 1.54) is 0 Å². The van der Waals surface area contributed by atoms with Crippen molar-refractivity contribution in [1.29, 1.82) is 0 Å². The summed E-state index contributed by atoms with van der Waals surface area (Å²) in [7, 11) is 0. The molecule has 29 heavy (non-hydrogen) atoms. The summed E-state index contributed by atoms with van der Waals surface area (Å²) in [4.78, 5) is 37.4. The lowest BCUT2D eigenvalue weighted by Gasteiger charge is -2.35. The number of aryl methyl sites for hydroxylation is 1. The van der Waals surface area contributed by atoms with Crippen molar-refractivity contribution in [3.63, 3.8) is 0 Å². The fraction of sp³-hybridized carbons (Fsp3) is 0.714. The molecule has 2 heterocycles. The van der Waals surface area contributed by atoms with Gasteiger partial charge < -0.3 is 19.9 Å². The van der Waals surface area contributed by atoms with E-state index in [0.29, 0.717) is 32.5 Å². The normalized spacial score (nSPS) is 14.9. The molecule has 0 radical (unpaired) electrons. The average Bonchev–Trinajstić information content (AvgIpc) is 2.63. The zero-order valence-electron chi connectivity index (χ0n) is 18.6. The highest BCUT2D eigenvalue weighted by Gasteiger charge is 2.22. The van der Waals surface area contributed by atoms with Crippen molar-refractivity contribution in [3.8, 4) is 0 Å². The molecule has 1 N–H and O–H groups in total. The van der Waals surface area contributed by atoms with Crippen LogP contribution in [0.15, 0.2) is 6.07 Å². The van der Waals surface area contributed by atoms with Crippen LogP contribution in [0.1, 0.15) is 64.9 Å². The van der Waals surface area contributed by atoms with Gasteiger partial charge in [-0.2, -0.15) is 0 Å². The largest absolute Gasteiger partial charge is 0.444 e. The van der Waals surface area contributed by atoms with E-state index >= 15 is 0 Å². The number of hydrogen-bond acceptors (Lipinski definition) is 6. The molecular formula is C21H35N5O3. The molecule has 2 rings (SSSR count). The Kier molecular flexibility index (Phi) is 7.81. The van der Waals surface area contributed by atoms with Gasteiger partial charge in [0.15, 0.2) is 0 Å². The predicted molar refractivity (Wildman–Crippen MR) is 113 cm³/mol. The Bertz CT molecular complexity index is 707. The van der Waals surface area contributed by atoms with E-state index in [2.05, 4.69) is 34.0 Å². The van der Waals surface area contributed by atoms with Gasteiger partial charge in [0.1, 0.15) is 17.2 Å². The first kappa shape index (κ1) is 22.9. The van der Waals surface area contributed by atoms with E-state index in [0.717, 1.165) is 30.4 Å². The van der Waals surface area contributed by atoms with Crippen molar-refractivity contribution in [2.75, 3.05) is 37.6 Å². The zero-order valence-corrected chi connectivity index (χ0v) is 18.6. The maximum absolute atomic E-state index is 12.5. The smallest absolute Gasteiger partial charge is 0.407 e. The molecular weight excluding hydrogens is 370 g/mol.